The first-order valence-electron chi connectivity index (χ1n) is 29.6. The van der Waals surface area contributed by atoms with E-state index in [1.54, 1.807) is 31.4 Å². The lowest BCUT2D eigenvalue weighted by atomic mass is 10.1. The Bertz CT molecular complexity index is 5160. The van der Waals surface area contributed by atoms with Gasteiger partial charge in [0.05, 0.1) is 39.5 Å². The van der Waals surface area contributed by atoms with Gasteiger partial charge in [0.25, 0.3) is 0 Å². The fourth-order valence-electron chi connectivity index (χ4n) is 10.8. The molecule has 0 radical (unpaired) electrons. The van der Waals surface area contributed by atoms with E-state index in [4.69, 9.17) is 64.8 Å². The van der Waals surface area contributed by atoms with Crippen molar-refractivity contribution in [3.05, 3.63) is 286 Å². The largest absolute Gasteiger partial charge is 0.309 e. The minimum absolute atomic E-state index is 0.119. The van der Waals surface area contributed by atoms with Crippen LogP contribution in [0.4, 0.5) is 87.9 Å². The van der Waals surface area contributed by atoms with E-state index in [2.05, 4.69) is 72.5 Å². The minimum Gasteiger partial charge on any atom is -0.309 e. The minimum atomic E-state index is 0.119. The summed E-state index contributed by atoms with van der Waals surface area (Å²) in [6.07, 6.45) is 9.10. The van der Waals surface area contributed by atoms with E-state index < -0.39 is 0 Å². The molecule has 8 aromatic carbocycles. The third-order valence-electron chi connectivity index (χ3n) is 15.0. The highest BCUT2D eigenvalue weighted by Gasteiger charge is 2.30. The van der Waals surface area contributed by atoms with Gasteiger partial charge in [-0.25, -0.2) is 84.3 Å². The van der Waals surface area contributed by atoms with Gasteiger partial charge in [-0.3, -0.25) is 0 Å². The van der Waals surface area contributed by atoms with Crippen LogP contribution in [0, 0.1) is 6.92 Å². The number of rotatable bonds is 19. The van der Waals surface area contributed by atoms with E-state index in [1.807, 2.05) is 188 Å². The molecule has 0 saturated carbocycles. The maximum Gasteiger partial charge on any atom is 0.241 e. The zero-order chi connectivity index (χ0) is 63.2. The number of para-hydroxylation sites is 6. The van der Waals surface area contributed by atoms with Crippen LogP contribution in [0.1, 0.15) is 17.2 Å². The van der Waals surface area contributed by atoms with Crippen molar-refractivity contribution in [1.29, 1.82) is 0 Å². The number of fused-ring (bicyclic) bond motifs is 3. The molecule has 24 heteroatoms. The number of aryl methyl sites for hydroxylation is 1. The normalized spacial score (nSPS) is 11.1. The molecule has 0 atom stereocenters. The van der Waals surface area contributed by atoms with E-state index in [1.165, 1.54) is 38.0 Å². The topological polar surface area (TPSA) is 253 Å². The van der Waals surface area contributed by atoms with Crippen molar-refractivity contribution in [2.75, 3.05) is 24.5 Å². The molecular weight excluding hydrogens is 1180 g/mol. The molecule has 15 rings (SSSR count). The first-order valence-corrected chi connectivity index (χ1v) is 29.6. The van der Waals surface area contributed by atoms with Crippen LogP contribution in [-0.2, 0) is 6.42 Å². The van der Waals surface area contributed by atoms with E-state index in [0.29, 0.717) is 58.0 Å². The molecule has 0 amide bonds. The number of benzene rings is 8. The second kappa shape index (κ2) is 25.5. The van der Waals surface area contributed by atoms with Crippen molar-refractivity contribution in [1.82, 2.24) is 94.3 Å². The summed E-state index contributed by atoms with van der Waals surface area (Å²) in [5.41, 5.74) is 7.92. The predicted octanol–water partition coefficient (Wildman–Crippen LogP) is 13.8. The highest BCUT2D eigenvalue weighted by atomic mass is 15.5. The lowest BCUT2D eigenvalue weighted by Gasteiger charge is -2.26. The van der Waals surface area contributed by atoms with Gasteiger partial charge in [0.2, 0.25) is 59.5 Å². The molecule has 15 aromatic rings. The third kappa shape index (κ3) is 11.5. The van der Waals surface area contributed by atoms with Crippen LogP contribution in [0.25, 0.3) is 33.1 Å². The van der Waals surface area contributed by atoms with E-state index in [0.717, 1.165) is 33.1 Å². The second-order valence-corrected chi connectivity index (χ2v) is 21.0. The molecule has 0 saturated heterocycles. The third-order valence-corrected chi connectivity index (χ3v) is 15.0. The molecule has 0 spiro atoms. The molecule has 94 heavy (non-hydrogen) atoms. The van der Waals surface area contributed by atoms with Crippen molar-refractivity contribution >= 4 is 115 Å². The van der Waals surface area contributed by atoms with Crippen LogP contribution in [0.5, 0.6) is 0 Å². The van der Waals surface area contributed by atoms with Crippen LogP contribution in [-0.4, -0.2) is 94.3 Å². The summed E-state index contributed by atoms with van der Waals surface area (Å²) in [7, 11) is 0. The van der Waals surface area contributed by atoms with Gasteiger partial charge in [-0.1, -0.05) is 146 Å². The molecule has 0 aliphatic rings. The monoisotopic (exact) mass is 1230 g/mol. The summed E-state index contributed by atoms with van der Waals surface area (Å²) in [5, 5.41) is 1.95. The Hall–Kier alpha value is -13.6. The summed E-state index contributed by atoms with van der Waals surface area (Å²) in [5.74, 6) is 2.66. The van der Waals surface area contributed by atoms with Crippen LogP contribution in [0.3, 0.4) is 0 Å². The number of anilines is 15. The van der Waals surface area contributed by atoms with Gasteiger partial charge in [-0.15, -0.1) is 0 Å². The molecule has 0 unspecified atom stereocenters. The van der Waals surface area contributed by atoms with Gasteiger partial charge in [0, 0.05) is 22.9 Å². The van der Waals surface area contributed by atoms with Crippen LogP contribution >= 0.6 is 0 Å². The molecule has 0 aliphatic carbocycles. The Labute approximate surface area is 536 Å². The van der Waals surface area contributed by atoms with Gasteiger partial charge < -0.3 is 4.57 Å². The van der Waals surface area contributed by atoms with Crippen molar-refractivity contribution in [2.45, 2.75) is 13.3 Å². The average molecular weight is 1230 g/mol. The Morgan fingerprint density at radius 1 is 0.309 bits per heavy atom. The first kappa shape index (κ1) is 56.8. The molecule has 7 aromatic heterocycles. The Morgan fingerprint density at radius 2 is 0.638 bits per heavy atom. The van der Waals surface area contributed by atoms with Crippen molar-refractivity contribution < 1.29 is 0 Å². The zero-order valence-corrected chi connectivity index (χ0v) is 50.0. The summed E-state index contributed by atoms with van der Waals surface area (Å²) in [4.78, 5) is 95.6. The Kier molecular flexibility index (Phi) is 15.4. The van der Waals surface area contributed by atoms with Crippen molar-refractivity contribution in [2.24, 2.45) is 0 Å². The fourth-order valence-corrected chi connectivity index (χ4v) is 10.8. The van der Waals surface area contributed by atoms with Crippen LogP contribution in [0.2, 0.25) is 0 Å². The predicted molar refractivity (Wildman–Crippen MR) is 358 cm³/mol. The summed E-state index contributed by atoms with van der Waals surface area (Å²) in [6, 6.07) is 72.9. The van der Waals surface area contributed by atoms with Gasteiger partial charge >= 0.3 is 0 Å². The Morgan fingerprint density at radius 3 is 1.06 bits per heavy atom. The van der Waals surface area contributed by atoms with Crippen LogP contribution < -0.4 is 24.5 Å². The number of aromatic nitrogens is 19. The van der Waals surface area contributed by atoms with E-state index >= 15 is 0 Å². The number of allylic oxidation sites excluding steroid dienone is 1. The smallest absolute Gasteiger partial charge is 0.241 e. The van der Waals surface area contributed by atoms with E-state index in [-0.39, 0.29) is 53.5 Å². The Balaban J connectivity index is 0.878. The average Bonchev–Trinajstić information content (AvgIpc) is 1.53. The molecule has 7 heterocycles. The lowest BCUT2D eigenvalue weighted by molar-refractivity contribution is 0.897. The van der Waals surface area contributed by atoms with Gasteiger partial charge in [-0.2, -0.15) is 29.9 Å². The highest BCUT2D eigenvalue weighted by molar-refractivity contribution is 6.10. The highest BCUT2D eigenvalue weighted by Crippen LogP contribution is 2.41. The molecular formula is C70H50N24. The summed E-state index contributed by atoms with van der Waals surface area (Å²) < 4.78 is 2.24. The summed E-state index contributed by atoms with van der Waals surface area (Å²) >= 11 is 0. The van der Waals surface area contributed by atoms with Gasteiger partial charge in [0.1, 0.15) is 43.8 Å². The SMILES string of the molecule is C=C(Cc1ccccc1)c1ncnc(N(c2ccccc2)c2ncnc(N(c3ccc4c(c3)c3ccccc3n4-c3ccccc3)c3ncnc(N(c4ccccc4)c4ncnc(N(c5ccccc5)c5ncnc(N(c6ccccc6)c6ncnc(C)n6)n5)n4)n3)n2)n1. The molecule has 0 fully saturated rings. The quantitative estimate of drug-likeness (QED) is 0.0729. The van der Waals surface area contributed by atoms with Crippen LogP contribution in [0.15, 0.2) is 269 Å². The van der Waals surface area contributed by atoms with Crippen molar-refractivity contribution in [3.63, 3.8) is 0 Å². The number of hydrogen-bond donors (Lipinski definition) is 0. The molecule has 450 valence electrons. The first-order chi connectivity index (χ1) is 46.5. The lowest BCUT2D eigenvalue weighted by Crippen LogP contribution is -2.23. The molecule has 0 bridgehead atoms. The second-order valence-electron chi connectivity index (χ2n) is 21.0. The van der Waals surface area contributed by atoms with Crippen molar-refractivity contribution in [3.8, 4) is 5.69 Å². The maximum absolute atomic E-state index is 5.31. The standard InChI is InChI=1S/C70H50N24/c1-47(39-49-23-9-3-10-24-49)60-72-42-74-62(84-60)91(52-29-15-6-16-30-52)64-76-45-81-69(87-64)94(55-37-38-59-57(40-55)56-35-21-22-36-58(56)89(59)50-25-11-4-12-26-50)70-82-46-80-68(88-70)93(54-33-19-8-20-34-54)67-79-44-78-66(86-67)92(53-31-17-7-18-32-53)65-77-43-75-63(85-65)90(51-27-13-5-14-28-51)61-73-41-71-48(2)83-61/h3-38,40-46H,1,39H2,2H3. The van der Waals surface area contributed by atoms with E-state index in [9.17, 15) is 0 Å². The molecule has 24 nitrogen and oxygen atoms in total. The zero-order valence-electron chi connectivity index (χ0n) is 50.0. The number of nitrogens with zero attached hydrogens (tertiary/aromatic N) is 24. The van der Waals surface area contributed by atoms with Gasteiger partial charge in [-0.05, 0) is 103 Å². The molecule has 0 aliphatic heterocycles. The summed E-state index contributed by atoms with van der Waals surface area (Å²) in [6.45, 7) is 6.17. The van der Waals surface area contributed by atoms with Gasteiger partial charge in [0.15, 0.2) is 5.82 Å². The fraction of sp³-hybridized carbons (Fsp3) is 0.0286. The maximum atomic E-state index is 5.31. The molecule has 0 N–H and O–H groups in total. The number of hydrogen-bond acceptors (Lipinski definition) is 23.